The van der Waals surface area contributed by atoms with Gasteiger partial charge in [0.2, 0.25) is 0 Å². The molecule has 0 amide bonds. The van der Waals surface area contributed by atoms with Crippen LogP contribution in [-0.2, 0) is 6.42 Å². The summed E-state index contributed by atoms with van der Waals surface area (Å²) in [5.41, 5.74) is 0. The predicted molar refractivity (Wildman–Crippen MR) is 62.7 cm³/mol. The summed E-state index contributed by atoms with van der Waals surface area (Å²) in [5, 5.41) is 19.0. The second-order valence-corrected chi connectivity index (χ2v) is 4.83. The summed E-state index contributed by atoms with van der Waals surface area (Å²) >= 11 is 1.61. The van der Waals surface area contributed by atoms with Gasteiger partial charge in [-0.15, -0.1) is 11.3 Å². The van der Waals surface area contributed by atoms with Gasteiger partial charge in [-0.3, -0.25) is 0 Å². The van der Waals surface area contributed by atoms with Gasteiger partial charge in [0.25, 0.3) is 0 Å². The van der Waals surface area contributed by atoms with Crippen molar-refractivity contribution in [2.75, 3.05) is 0 Å². The number of thiophene rings is 1. The maximum Gasteiger partial charge on any atom is 0.104 e. The largest absolute Gasteiger partial charge is 0.386 e. The first-order chi connectivity index (χ1) is 7.22. The van der Waals surface area contributed by atoms with Crippen LogP contribution in [-0.4, -0.2) is 5.11 Å². The summed E-state index contributed by atoms with van der Waals surface area (Å²) in [6, 6.07) is 6.16. The van der Waals surface area contributed by atoms with Gasteiger partial charge in [0.15, 0.2) is 0 Å². The fraction of sp³-hybridized carbons (Fsp3) is 0.583. The van der Waals surface area contributed by atoms with Crippen LogP contribution >= 0.6 is 11.3 Å². The molecule has 1 rings (SSSR count). The van der Waals surface area contributed by atoms with E-state index in [1.54, 1.807) is 11.3 Å². The molecule has 0 radical (unpaired) electrons. The first kappa shape index (κ1) is 12.2. The van der Waals surface area contributed by atoms with Gasteiger partial charge in [-0.25, -0.2) is 0 Å². The van der Waals surface area contributed by atoms with Crippen LogP contribution in [0.3, 0.4) is 0 Å². The van der Waals surface area contributed by atoms with E-state index in [9.17, 15) is 5.11 Å². The van der Waals surface area contributed by atoms with Gasteiger partial charge in [0.05, 0.1) is 12.0 Å². The predicted octanol–water partition coefficient (Wildman–Crippen LogP) is 3.28. The third kappa shape index (κ3) is 3.05. The van der Waals surface area contributed by atoms with Crippen molar-refractivity contribution in [3.8, 4) is 6.07 Å². The lowest BCUT2D eigenvalue weighted by Gasteiger charge is -2.13. The first-order valence-corrected chi connectivity index (χ1v) is 6.20. The number of hydrogen-bond donors (Lipinski definition) is 1. The van der Waals surface area contributed by atoms with Gasteiger partial charge in [-0.05, 0) is 25.0 Å². The molecule has 0 aliphatic rings. The molecule has 3 heteroatoms. The van der Waals surface area contributed by atoms with Crippen molar-refractivity contribution < 1.29 is 5.11 Å². The Hall–Kier alpha value is -0.850. The van der Waals surface area contributed by atoms with Crippen LogP contribution in [0.4, 0.5) is 0 Å². The molecule has 2 nitrogen and oxygen atoms in total. The molecule has 1 aromatic heterocycles. The topological polar surface area (TPSA) is 44.0 Å². The quantitative estimate of drug-likeness (QED) is 0.832. The minimum absolute atomic E-state index is 0.265. The lowest BCUT2D eigenvalue weighted by molar-refractivity contribution is 0.133. The molecule has 1 aromatic rings. The Bertz CT molecular complexity index is 340. The van der Waals surface area contributed by atoms with E-state index in [0.29, 0.717) is 0 Å². The summed E-state index contributed by atoms with van der Waals surface area (Å²) in [4.78, 5) is 2.18. The molecule has 0 spiro atoms. The Morgan fingerprint density at radius 1 is 1.47 bits per heavy atom. The normalized spacial score (nSPS) is 14.5. The molecule has 0 aliphatic heterocycles. The van der Waals surface area contributed by atoms with E-state index in [4.69, 9.17) is 5.26 Å². The first-order valence-electron chi connectivity index (χ1n) is 5.39. The smallest absolute Gasteiger partial charge is 0.104 e. The molecule has 0 aromatic carbocycles. The third-order valence-electron chi connectivity index (χ3n) is 2.47. The molecule has 0 fully saturated rings. The molecule has 0 bridgehead atoms. The number of nitrogens with zero attached hydrogens (tertiary/aromatic N) is 1. The van der Waals surface area contributed by atoms with Gasteiger partial charge in [-0.2, -0.15) is 5.26 Å². The minimum Gasteiger partial charge on any atom is -0.386 e. The fourth-order valence-electron chi connectivity index (χ4n) is 1.55. The molecule has 0 saturated carbocycles. The highest BCUT2D eigenvalue weighted by atomic mass is 32.1. The SMILES string of the molecule is CCCC(C#N)C(O)c1ccc(CC)s1. The maximum atomic E-state index is 10.0. The molecule has 2 unspecified atom stereocenters. The summed E-state index contributed by atoms with van der Waals surface area (Å²) in [6.45, 7) is 4.12. The highest BCUT2D eigenvalue weighted by molar-refractivity contribution is 7.12. The molecule has 2 atom stereocenters. The molecule has 15 heavy (non-hydrogen) atoms. The zero-order valence-electron chi connectivity index (χ0n) is 9.23. The lowest BCUT2D eigenvalue weighted by Crippen LogP contribution is -2.09. The van der Waals surface area contributed by atoms with Crippen molar-refractivity contribution in [3.63, 3.8) is 0 Å². The number of aliphatic hydroxyl groups excluding tert-OH is 1. The number of aryl methyl sites for hydroxylation is 1. The van der Waals surface area contributed by atoms with Gasteiger partial charge in [-0.1, -0.05) is 20.3 Å². The van der Waals surface area contributed by atoms with E-state index in [1.807, 2.05) is 19.1 Å². The van der Waals surface area contributed by atoms with Crippen molar-refractivity contribution in [3.05, 3.63) is 21.9 Å². The summed E-state index contributed by atoms with van der Waals surface area (Å²) in [6.07, 6.45) is 2.07. The Morgan fingerprint density at radius 2 is 2.20 bits per heavy atom. The molecule has 82 valence electrons. The Balaban J connectivity index is 2.74. The number of rotatable bonds is 5. The van der Waals surface area contributed by atoms with Gasteiger partial charge in [0, 0.05) is 9.75 Å². The van der Waals surface area contributed by atoms with Crippen LogP contribution in [0.2, 0.25) is 0 Å². The highest BCUT2D eigenvalue weighted by Gasteiger charge is 2.21. The Kier molecular flexibility index (Phi) is 4.80. The van der Waals surface area contributed by atoms with Gasteiger partial charge in [0.1, 0.15) is 6.10 Å². The maximum absolute atomic E-state index is 10.0. The Labute approximate surface area is 95.2 Å². The van der Waals surface area contributed by atoms with E-state index in [2.05, 4.69) is 13.0 Å². The average molecular weight is 223 g/mol. The fourth-order valence-corrected chi connectivity index (χ4v) is 2.55. The zero-order chi connectivity index (χ0) is 11.3. The Morgan fingerprint density at radius 3 is 2.67 bits per heavy atom. The molecule has 0 aliphatic carbocycles. The second kappa shape index (κ2) is 5.89. The molecule has 1 heterocycles. The van der Waals surface area contributed by atoms with Crippen LogP contribution in [0.5, 0.6) is 0 Å². The van der Waals surface area contributed by atoms with Crippen molar-refractivity contribution in [2.24, 2.45) is 5.92 Å². The molecular weight excluding hydrogens is 206 g/mol. The van der Waals surface area contributed by atoms with Crippen molar-refractivity contribution >= 4 is 11.3 Å². The second-order valence-electron chi connectivity index (χ2n) is 3.63. The molecular formula is C12H17NOS. The number of aliphatic hydroxyl groups is 1. The molecule has 0 saturated heterocycles. The van der Waals surface area contributed by atoms with Crippen LogP contribution in [0.25, 0.3) is 0 Å². The van der Waals surface area contributed by atoms with Crippen LogP contribution in [0.1, 0.15) is 42.5 Å². The van der Waals surface area contributed by atoms with Crippen molar-refractivity contribution in [1.29, 1.82) is 5.26 Å². The molecule has 1 N–H and O–H groups in total. The van der Waals surface area contributed by atoms with E-state index in [0.717, 1.165) is 24.1 Å². The monoisotopic (exact) mass is 223 g/mol. The average Bonchev–Trinajstić information content (AvgIpc) is 2.73. The summed E-state index contributed by atoms with van der Waals surface area (Å²) in [5.74, 6) is -0.265. The van der Waals surface area contributed by atoms with Crippen molar-refractivity contribution in [1.82, 2.24) is 0 Å². The van der Waals surface area contributed by atoms with Crippen LogP contribution in [0.15, 0.2) is 12.1 Å². The van der Waals surface area contributed by atoms with E-state index in [-0.39, 0.29) is 5.92 Å². The summed E-state index contributed by atoms with van der Waals surface area (Å²) < 4.78 is 0. The van der Waals surface area contributed by atoms with Gasteiger partial charge < -0.3 is 5.11 Å². The standard InChI is InChI=1S/C12H17NOS/c1-3-5-9(8-13)12(14)11-7-6-10(4-2)15-11/h6-7,9,12,14H,3-5H2,1-2H3. The van der Waals surface area contributed by atoms with Gasteiger partial charge >= 0.3 is 0 Å². The minimum atomic E-state index is -0.611. The lowest BCUT2D eigenvalue weighted by atomic mass is 9.98. The third-order valence-corrected chi connectivity index (χ3v) is 3.77. The van der Waals surface area contributed by atoms with E-state index in [1.165, 1.54) is 4.88 Å². The van der Waals surface area contributed by atoms with E-state index >= 15 is 0 Å². The van der Waals surface area contributed by atoms with Crippen LogP contribution < -0.4 is 0 Å². The zero-order valence-corrected chi connectivity index (χ0v) is 10.0. The van der Waals surface area contributed by atoms with E-state index < -0.39 is 6.10 Å². The summed E-state index contributed by atoms with van der Waals surface area (Å²) in [7, 11) is 0. The highest BCUT2D eigenvalue weighted by Crippen LogP contribution is 2.30. The number of hydrogen-bond acceptors (Lipinski definition) is 3. The van der Waals surface area contributed by atoms with Crippen molar-refractivity contribution in [2.45, 2.75) is 39.2 Å². The number of nitriles is 1. The van der Waals surface area contributed by atoms with Crippen LogP contribution in [0, 0.1) is 17.2 Å².